The molecule has 0 saturated carbocycles. The van der Waals surface area contributed by atoms with E-state index in [9.17, 15) is 19.7 Å². The predicted octanol–water partition coefficient (Wildman–Crippen LogP) is 3.25. The molecule has 31 heavy (non-hydrogen) atoms. The number of amides is 2. The van der Waals surface area contributed by atoms with E-state index in [0.29, 0.717) is 18.9 Å². The van der Waals surface area contributed by atoms with Crippen molar-refractivity contribution in [2.75, 3.05) is 19.7 Å². The Morgan fingerprint density at radius 3 is 2.68 bits per heavy atom. The molecule has 0 spiro atoms. The van der Waals surface area contributed by atoms with Gasteiger partial charge in [-0.25, -0.2) is 0 Å². The van der Waals surface area contributed by atoms with Crippen molar-refractivity contribution in [2.45, 2.75) is 45.4 Å². The van der Waals surface area contributed by atoms with E-state index in [1.807, 2.05) is 0 Å². The molecular weight excluding hydrogens is 402 g/mol. The van der Waals surface area contributed by atoms with Gasteiger partial charge in [0, 0.05) is 36.9 Å². The molecule has 1 aromatic carbocycles. The second-order valence-electron chi connectivity index (χ2n) is 7.82. The quantitative estimate of drug-likeness (QED) is 0.447. The summed E-state index contributed by atoms with van der Waals surface area (Å²) < 4.78 is 11.1. The van der Waals surface area contributed by atoms with Gasteiger partial charge in [-0.3, -0.25) is 19.7 Å². The van der Waals surface area contributed by atoms with Crippen molar-refractivity contribution in [3.63, 3.8) is 0 Å². The number of hydrogen-bond donors (Lipinski definition) is 0. The first-order valence-corrected chi connectivity index (χ1v) is 10.3. The van der Waals surface area contributed by atoms with E-state index in [1.54, 1.807) is 37.1 Å². The zero-order valence-electron chi connectivity index (χ0n) is 17.7. The molecule has 1 aromatic heterocycles. The summed E-state index contributed by atoms with van der Waals surface area (Å²) in [6.45, 7) is 4.83. The van der Waals surface area contributed by atoms with Gasteiger partial charge in [0.2, 0.25) is 5.91 Å². The molecule has 2 amide bonds. The number of non-ortho nitro benzene ring substituents is 1. The fourth-order valence-corrected chi connectivity index (χ4v) is 3.53. The van der Waals surface area contributed by atoms with Gasteiger partial charge in [0.1, 0.15) is 12.3 Å². The van der Waals surface area contributed by atoms with Crippen LogP contribution in [0.25, 0.3) is 0 Å². The number of furan rings is 1. The largest absolute Gasteiger partial charge is 0.467 e. The van der Waals surface area contributed by atoms with Crippen molar-refractivity contribution in [3.8, 4) is 0 Å². The number of ether oxygens (including phenoxy) is 1. The van der Waals surface area contributed by atoms with E-state index in [0.717, 1.165) is 12.8 Å². The number of nitrogens with zero attached hydrogens (tertiary/aromatic N) is 3. The van der Waals surface area contributed by atoms with Crippen molar-refractivity contribution >= 4 is 17.5 Å². The average molecular weight is 429 g/mol. The molecule has 1 saturated heterocycles. The highest BCUT2D eigenvalue weighted by Crippen LogP contribution is 2.18. The molecule has 2 aromatic rings. The maximum Gasteiger partial charge on any atom is 0.270 e. The zero-order chi connectivity index (χ0) is 22.4. The van der Waals surface area contributed by atoms with Crippen molar-refractivity contribution < 1.29 is 23.7 Å². The predicted molar refractivity (Wildman–Crippen MR) is 112 cm³/mol. The third-order valence-electron chi connectivity index (χ3n) is 5.22. The van der Waals surface area contributed by atoms with Crippen LogP contribution in [0, 0.1) is 10.1 Å². The number of hydrogen-bond acceptors (Lipinski definition) is 6. The third kappa shape index (κ3) is 5.91. The maximum absolute atomic E-state index is 13.2. The van der Waals surface area contributed by atoms with Crippen molar-refractivity contribution in [2.24, 2.45) is 0 Å². The summed E-state index contributed by atoms with van der Waals surface area (Å²) in [4.78, 5) is 39.9. The summed E-state index contributed by atoms with van der Waals surface area (Å²) in [6, 6.07) is 8.82. The fraction of sp³-hybridized carbons (Fsp3) is 0.455. The third-order valence-corrected chi connectivity index (χ3v) is 5.22. The summed E-state index contributed by atoms with van der Waals surface area (Å²) in [5.74, 6) is -0.0195. The molecule has 1 aliphatic rings. The van der Waals surface area contributed by atoms with Crippen molar-refractivity contribution in [3.05, 3.63) is 64.1 Å². The summed E-state index contributed by atoms with van der Waals surface area (Å²) in [5.41, 5.74) is 0.00567. The molecule has 0 bridgehead atoms. The summed E-state index contributed by atoms with van der Waals surface area (Å²) in [7, 11) is 0. The van der Waals surface area contributed by atoms with E-state index >= 15 is 0 Å². The first kappa shape index (κ1) is 22.5. The first-order valence-electron chi connectivity index (χ1n) is 10.3. The fourth-order valence-electron chi connectivity index (χ4n) is 3.53. The van der Waals surface area contributed by atoms with Crippen LogP contribution in [0.5, 0.6) is 0 Å². The Kier molecular flexibility index (Phi) is 7.41. The Bertz CT molecular complexity index is 906. The molecule has 3 rings (SSSR count). The smallest absolute Gasteiger partial charge is 0.270 e. The summed E-state index contributed by atoms with van der Waals surface area (Å²) in [6.07, 6.45) is 3.34. The topological polar surface area (TPSA) is 106 Å². The molecule has 2 heterocycles. The van der Waals surface area contributed by atoms with E-state index in [1.165, 1.54) is 29.2 Å². The van der Waals surface area contributed by atoms with Crippen LogP contribution >= 0.6 is 0 Å². The number of carbonyl (C=O) groups excluding carboxylic acids is 2. The van der Waals surface area contributed by atoms with Crippen LogP contribution in [0.2, 0.25) is 0 Å². The van der Waals surface area contributed by atoms with Gasteiger partial charge in [-0.2, -0.15) is 0 Å². The Morgan fingerprint density at radius 2 is 2.06 bits per heavy atom. The van der Waals surface area contributed by atoms with Gasteiger partial charge in [0.25, 0.3) is 11.6 Å². The van der Waals surface area contributed by atoms with Crippen molar-refractivity contribution in [1.82, 2.24) is 9.80 Å². The molecule has 1 aliphatic heterocycles. The average Bonchev–Trinajstić information content (AvgIpc) is 3.45. The Balaban J connectivity index is 1.76. The Hall–Kier alpha value is -3.20. The lowest BCUT2D eigenvalue weighted by molar-refractivity contribution is -0.384. The minimum atomic E-state index is -0.547. The molecule has 1 unspecified atom stereocenters. The lowest BCUT2D eigenvalue weighted by Crippen LogP contribution is -2.47. The van der Waals surface area contributed by atoms with Gasteiger partial charge in [-0.05, 0) is 44.9 Å². The highest BCUT2D eigenvalue weighted by atomic mass is 16.6. The second kappa shape index (κ2) is 10.2. The summed E-state index contributed by atoms with van der Waals surface area (Å²) >= 11 is 0. The minimum absolute atomic E-state index is 0.0427. The van der Waals surface area contributed by atoms with E-state index in [2.05, 4.69) is 0 Å². The second-order valence-corrected chi connectivity index (χ2v) is 7.82. The van der Waals surface area contributed by atoms with Gasteiger partial charge >= 0.3 is 0 Å². The van der Waals surface area contributed by atoms with Crippen LogP contribution in [0.15, 0.2) is 47.1 Å². The molecule has 1 atom stereocenters. The van der Waals surface area contributed by atoms with E-state index < -0.39 is 10.8 Å². The van der Waals surface area contributed by atoms with Gasteiger partial charge < -0.3 is 19.0 Å². The van der Waals surface area contributed by atoms with Gasteiger partial charge in [-0.15, -0.1) is 0 Å². The SMILES string of the molecule is CC(C)N(CC(=O)N(Cc1ccco1)CC1CCCO1)C(=O)c1cccc([N+](=O)[O-])c1. The number of rotatable bonds is 9. The summed E-state index contributed by atoms with van der Waals surface area (Å²) in [5, 5.41) is 11.1. The van der Waals surface area contributed by atoms with Crippen LogP contribution in [0.4, 0.5) is 5.69 Å². The van der Waals surface area contributed by atoms with E-state index in [-0.39, 0.29) is 42.4 Å². The van der Waals surface area contributed by atoms with Crippen LogP contribution in [0.1, 0.15) is 42.8 Å². The normalized spacial score (nSPS) is 15.8. The lowest BCUT2D eigenvalue weighted by Gasteiger charge is -2.31. The van der Waals surface area contributed by atoms with Crippen LogP contribution in [-0.2, 0) is 16.1 Å². The van der Waals surface area contributed by atoms with Crippen molar-refractivity contribution in [1.29, 1.82) is 0 Å². The molecule has 9 heteroatoms. The highest BCUT2D eigenvalue weighted by Gasteiger charge is 2.28. The van der Waals surface area contributed by atoms with Crippen LogP contribution < -0.4 is 0 Å². The standard InChI is InChI=1S/C22H27N3O6/c1-16(2)24(22(27)17-6-3-7-18(12-17)25(28)29)15-21(26)23(13-19-8-4-10-30-19)14-20-9-5-11-31-20/h3-4,6-8,10,12,16,20H,5,9,11,13-15H2,1-2H3. The lowest BCUT2D eigenvalue weighted by atomic mass is 10.1. The number of nitro benzene ring substituents is 1. The molecule has 0 N–H and O–H groups in total. The van der Waals surface area contributed by atoms with Crippen LogP contribution in [-0.4, -0.2) is 58.4 Å². The van der Waals surface area contributed by atoms with Gasteiger partial charge in [0.15, 0.2) is 0 Å². The van der Waals surface area contributed by atoms with Crippen LogP contribution in [0.3, 0.4) is 0 Å². The zero-order valence-corrected chi connectivity index (χ0v) is 17.7. The number of carbonyl (C=O) groups is 2. The molecule has 0 radical (unpaired) electrons. The monoisotopic (exact) mass is 429 g/mol. The number of nitro groups is 1. The number of benzene rings is 1. The maximum atomic E-state index is 13.2. The van der Waals surface area contributed by atoms with Gasteiger partial charge in [0.05, 0.1) is 23.8 Å². The first-order chi connectivity index (χ1) is 14.8. The van der Waals surface area contributed by atoms with E-state index in [4.69, 9.17) is 9.15 Å². The van der Waals surface area contributed by atoms with Gasteiger partial charge in [-0.1, -0.05) is 6.07 Å². The molecule has 166 valence electrons. The molecule has 0 aliphatic carbocycles. The highest BCUT2D eigenvalue weighted by molar-refractivity contribution is 5.97. The molecule has 9 nitrogen and oxygen atoms in total. The Morgan fingerprint density at radius 1 is 1.26 bits per heavy atom. The minimum Gasteiger partial charge on any atom is -0.467 e. The molecule has 1 fully saturated rings. The molecular formula is C22H27N3O6. The Labute approximate surface area is 180 Å².